The first-order chi connectivity index (χ1) is 10.6. The first-order valence-electron chi connectivity index (χ1n) is 7.34. The van der Waals surface area contributed by atoms with Crippen molar-refractivity contribution in [2.45, 2.75) is 38.1 Å². The molecule has 2 aromatic rings. The number of hydrogen-bond donors (Lipinski definition) is 1. The van der Waals surface area contributed by atoms with Gasteiger partial charge in [0.2, 0.25) is 0 Å². The van der Waals surface area contributed by atoms with Gasteiger partial charge in [-0.2, -0.15) is 10.1 Å². The second-order valence-electron chi connectivity index (χ2n) is 5.49. The van der Waals surface area contributed by atoms with Crippen molar-refractivity contribution in [3.8, 4) is 0 Å². The van der Waals surface area contributed by atoms with Crippen LogP contribution in [0.2, 0.25) is 0 Å². The lowest BCUT2D eigenvalue weighted by molar-refractivity contribution is -0.138. The molecular formula is C16H17N3O3. The van der Waals surface area contributed by atoms with E-state index < -0.39 is 5.97 Å². The van der Waals surface area contributed by atoms with Gasteiger partial charge in [0.05, 0.1) is 0 Å². The molecular weight excluding hydrogens is 282 g/mol. The van der Waals surface area contributed by atoms with E-state index in [-0.39, 0.29) is 23.9 Å². The molecule has 1 aliphatic rings. The van der Waals surface area contributed by atoms with Crippen LogP contribution < -0.4 is 5.56 Å². The highest BCUT2D eigenvalue weighted by atomic mass is 16.4. The summed E-state index contributed by atoms with van der Waals surface area (Å²) < 4.78 is 1.37. The molecule has 3 rings (SSSR count). The molecule has 1 saturated carbocycles. The normalized spacial score (nSPS) is 19.9. The van der Waals surface area contributed by atoms with Crippen molar-refractivity contribution in [3.63, 3.8) is 0 Å². The number of aryl methyl sites for hydroxylation is 1. The Labute approximate surface area is 127 Å². The Morgan fingerprint density at radius 1 is 1.32 bits per heavy atom. The number of aliphatic carboxylic acids is 1. The molecule has 1 fully saturated rings. The maximum atomic E-state index is 12.0. The van der Waals surface area contributed by atoms with Crippen molar-refractivity contribution in [3.05, 3.63) is 57.8 Å². The van der Waals surface area contributed by atoms with Crippen molar-refractivity contribution < 1.29 is 9.90 Å². The Balaban J connectivity index is 1.95. The Kier molecular flexibility index (Phi) is 3.75. The molecule has 114 valence electrons. The van der Waals surface area contributed by atoms with Gasteiger partial charge in [0.15, 0.2) is 0 Å². The minimum atomic E-state index is -0.988. The summed E-state index contributed by atoms with van der Waals surface area (Å²) in [7, 11) is 0. The molecule has 22 heavy (non-hydrogen) atoms. The number of carboxylic acid groups (broad SMARTS) is 1. The number of hydrogen-bond acceptors (Lipinski definition) is 4. The van der Waals surface area contributed by atoms with Gasteiger partial charge in [-0.15, -0.1) is 0 Å². The fourth-order valence-corrected chi connectivity index (χ4v) is 2.76. The summed E-state index contributed by atoms with van der Waals surface area (Å²) in [5.74, 6) is -0.160. The first-order valence-corrected chi connectivity index (χ1v) is 7.34. The summed E-state index contributed by atoms with van der Waals surface area (Å²) in [4.78, 5) is 27.1. The quantitative estimate of drug-likeness (QED) is 0.905. The zero-order valence-corrected chi connectivity index (χ0v) is 12.3. The molecule has 0 amide bonds. The molecule has 2 atom stereocenters. The lowest BCUT2D eigenvalue weighted by atomic mass is 10.1. The van der Waals surface area contributed by atoms with Crippen LogP contribution in [-0.2, 0) is 17.8 Å². The number of benzene rings is 1. The summed E-state index contributed by atoms with van der Waals surface area (Å²) >= 11 is 0. The van der Waals surface area contributed by atoms with Crippen molar-refractivity contribution in [2.24, 2.45) is 0 Å². The third-order valence-electron chi connectivity index (χ3n) is 3.94. The Bertz CT molecular complexity index is 755. The third kappa shape index (κ3) is 2.77. The molecule has 2 unspecified atom stereocenters. The van der Waals surface area contributed by atoms with Crippen LogP contribution in [0.1, 0.15) is 42.3 Å². The zero-order valence-electron chi connectivity index (χ0n) is 12.3. The lowest BCUT2D eigenvalue weighted by Crippen LogP contribution is -2.27. The van der Waals surface area contributed by atoms with E-state index in [9.17, 15) is 9.59 Å². The van der Waals surface area contributed by atoms with Crippen LogP contribution in [0.15, 0.2) is 35.1 Å². The van der Waals surface area contributed by atoms with E-state index >= 15 is 0 Å². The summed E-state index contributed by atoms with van der Waals surface area (Å²) in [5, 5.41) is 13.2. The average molecular weight is 299 g/mol. The van der Waals surface area contributed by atoms with E-state index in [4.69, 9.17) is 5.11 Å². The largest absolute Gasteiger partial charge is 0.480 e. The number of carboxylic acids is 1. The van der Waals surface area contributed by atoms with Gasteiger partial charge in [0.25, 0.3) is 5.56 Å². The summed E-state index contributed by atoms with van der Waals surface area (Å²) in [6.07, 6.45) is 1.31. The Hall–Kier alpha value is -2.50. The number of nitrogens with zero attached hydrogens (tertiary/aromatic N) is 3. The molecule has 1 aliphatic carbocycles. The van der Waals surface area contributed by atoms with Gasteiger partial charge < -0.3 is 5.11 Å². The van der Waals surface area contributed by atoms with Crippen LogP contribution in [0.5, 0.6) is 0 Å². The number of rotatable bonds is 5. The second kappa shape index (κ2) is 5.71. The molecule has 1 N–H and O–H groups in total. The molecule has 0 aliphatic heterocycles. The smallest absolute Gasteiger partial charge is 0.325 e. The van der Waals surface area contributed by atoms with Crippen LogP contribution in [-0.4, -0.2) is 25.8 Å². The highest BCUT2D eigenvalue weighted by Gasteiger charge is 2.43. The molecule has 0 radical (unpaired) electrons. The SMILES string of the molecule is CCc1nn(CC(=O)O)c(C2CC2c2ccccc2)nc1=O. The van der Waals surface area contributed by atoms with E-state index in [2.05, 4.69) is 10.1 Å². The molecule has 1 aromatic heterocycles. The van der Waals surface area contributed by atoms with E-state index in [0.29, 0.717) is 17.9 Å². The standard InChI is InChI=1S/C16H17N3O3/c1-2-13-16(22)17-15(19(18-13)9-14(20)21)12-8-11(12)10-6-4-3-5-7-10/h3-7,11-12H,2,8-9H2,1H3,(H,20,21). The molecule has 0 spiro atoms. The second-order valence-corrected chi connectivity index (χ2v) is 5.49. The van der Waals surface area contributed by atoms with Gasteiger partial charge >= 0.3 is 5.97 Å². The van der Waals surface area contributed by atoms with E-state index in [1.165, 1.54) is 10.2 Å². The highest BCUT2D eigenvalue weighted by molar-refractivity contribution is 5.66. The van der Waals surface area contributed by atoms with Crippen LogP contribution >= 0.6 is 0 Å². The zero-order chi connectivity index (χ0) is 15.7. The Morgan fingerprint density at radius 3 is 2.68 bits per heavy atom. The Morgan fingerprint density at radius 2 is 2.05 bits per heavy atom. The highest BCUT2D eigenvalue weighted by Crippen LogP contribution is 2.53. The van der Waals surface area contributed by atoms with Gasteiger partial charge in [-0.1, -0.05) is 37.3 Å². The number of aromatic nitrogens is 3. The molecule has 1 heterocycles. The maximum Gasteiger partial charge on any atom is 0.325 e. The lowest BCUT2D eigenvalue weighted by Gasteiger charge is -2.10. The van der Waals surface area contributed by atoms with Crippen LogP contribution in [0.4, 0.5) is 0 Å². The molecule has 6 nitrogen and oxygen atoms in total. The van der Waals surface area contributed by atoms with Gasteiger partial charge in [0, 0.05) is 5.92 Å². The molecule has 6 heteroatoms. The minimum Gasteiger partial charge on any atom is -0.480 e. The predicted molar refractivity (Wildman–Crippen MR) is 79.8 cm³/mol. The topological polar surface area (TPSA) is 85.1 Å². The summed E-state index contributed by atoms with van der Waals surface area (Å²) in [5.41, 5.74) is 1.14. The maximum absolute atomic E-state index is 12.0. The summed E-state index contributed by atoms with van der Waals surface area (Å²) in [6, 6.07) is 9.98. The molecule has 1 aromatic carbocycles. The summed E-state index contributed by atoms with van der Waals surface area (Å²) in [6.45, 7) is 1.54. The number of carbonyl (C=O) groups is 1. The average Bonchev–Trinajstić information content (AvgIpc) is 3.29. The minimum absolute atomic E-state index is 0.0628. The molecule has 0 bridgehead atoms. The molecule has 0 saturated heterocycles. The van der Waals surface area contributed by atoms with Crippen LogP contribution in [0, 0.1) is 0 Å². The van der Waals surface area contributed by atoms with Gasteiger partial charge in [0.1, 0.15) is 18.1 Å². The third-order valence-corrected chi connectivity index (χ3v) is 3.94. The van der Waals surface area contributed by atoms with Crippen molar-refractivity contribution >= 4 is 5.97 Å². The van der Waals surface area contributed by atoms with E-state index in [0.717, 1.165) is 6.42 Å². The fraction of sp³-hybridized carbons (Fsp3) is 0.375. The van der Waals surface area contributed by atoms with Crippen molar-refractivity contribution in [1.82, 2.24) is 14.8 Å². The van der Waals surface area contributed by atoms with E-state index in [1.54, 1.807) is 6.92 Å². The van der Waals surface area contributed by atoms with Crippen molar-refractivity contribution in [2.75, 3.05) is 0 Å². The van der Waals surface area contributed by atoms with Gasteiger partial charge in [-0.25, -0.2) is 4.68 Å². The monoisotopic (exact) mass is 299 g/mol. The van der Waals surface area contributed by atoms with Gasteiger partial charge in [-0.05, 0) is 24.3 Å². The fourth-order valence-electron chi connectivity index (χ4n) is 2.76. The predicted octanol–water partition coefficient (Wildman–Crippen LogP) is 1.56. The van der Waals surface area contributed by atoms with Crippen LogP contribution in [0.3, 0.4) is 0 Å². The van der Waals surface area contributed by atoms with Gasteiger partial charge in [-0.3, -0.25) is 9.59 Å². The van der Waals surface area contributed by atoms with E-state index in [1.807, 2.05) is 30.3 Å². The van der Waals surface area contributed by atoms with Crippen LogP contribution in [0.25, 0.3) is 0 Å². The first kappa shape index (κ1) is 14.4. The van der Waals surface area contributed by atoms with Crippen molar-refractivity contribution in [1.29, 1.82) is 0 Å².